The lowest BCUT2D eigenvalue weighted by Gasteiger charge is -2.22. The minimum absolute atomic E-state index is 0.333. The number of aromatic nitrogens is 2. The summed E-state index contributed by atoms with van der Waals surface area (Å²) in [5.41, 5.74) is 3.81. The fourth-order valence-corrected chi connectivity index (χ4v) is 3.00. The molecule has 2 aliphatic heterocycles. The minimum atomic E-state index is 0.333. The van der Waals surface area contributed by atoms with Crippen molar-refractivity contribution in [3.63, 3.8) is 0 Å². The topological polar surface area (TPSA) is 47.0 Å². The van der Waals surface area contributed by atoms with Crippen LogP contribution in [0, 0.1) is 0 Å². The Bertz CT molecular complexity index is 453. The standard InChI is InChI=1S/C15H23N3O/c1-10(2)15-12-9-16-6-5-13(12)17-14(18-15)8-11-4-3-7-19-11/h10-11,16H,3-9H2,1-2H3. The van der Waals surface area contributed by atoms with Crippen LogP contribution in [0.3, 0.4) is 0 Å². The van der Waals surface area contributed by atoms with E-state index < -0.39 is 0 Å². The smallest absolute Gasteiger partial charge is 0.131 e. The Balaban J connectivity index is 1.89. The second kappa shape index (κ2) is 5.55. The minimum Gasteiger partial charge on any atom is -0.378 e. The zero-order valence-electron chi connectivity index (χ0n) is 11.9. The summed E-state index contributed by atoms with van der Waals surface area (Å²) >= 11 is 0. The SMILES string of the molecule is CC(C)c1nc(CC2CCCO2)nc2c1CNCC2. The van der Waals surface area contributed by atoms with E-state index in [1.807, 2.05) is 0 Å². The second-order valence-electron chi connectivity index (χ2n) is 5.87. The van der Waals surface area contributed by atoms with E-state index in [4.69, 9.17) is 14.7 Å². The van der Waals surface area contributed by atoms with Gasteiger partial charge in [-0.2, -0.15) is 0 Å². The van der Waals surface area contributed by atoms with E-state index in [2.05, 4.69) is 19.2 Å². The summed E-state index contributed by atoms with van der Waals surface area (Å²) < 4.78 is 5.71. The highest BCUT2D eigenvalue weighted by molar-refractivity contribution is 5.30. The van der Waals surface area contributed by atoms with Gasteiger partial charge in [0.1, 0.15) is 5.82 Å². The first-order valence-electron chi connectivity index (χ1n) is 7.45. The molecule has 19 heavy (non-hydrogen) atoms. The van der Waals surface area contributed by atoms with Crippen LogP contribution in [0.25, 0.3) is 0 Å². The molecule has 0 radical (unpaired) electrons. The van der Waals surface area contributed by atoms with Crippen molar-refractivity contribution in [3.05, 3.63) is 22.8 Å². The Kier molecular flexibility index (Phi) is 3.80. The van der Waals surface area contributed by atoms with Crippen LogP contribution in [0.1, 0.15) is 55.4 Å². The van der Waals surface area contributed by atoms with Crippen LogP contribution in [-0.2, 0) is 24.1 Å². The number of nitrogens with zero attached hydrogens (tertiary/aromatic N) is 2. The van der Waals surface area contributed by atoms with Crippen molar-refractivity contribution in [2.75, 3.05) is 13.2 Å². The fourth-order valence-electron chi connectivity index (χ4n) is 3.00. The monoisotopic (exact) mass is 261 g/mol. The molecular formula is C15H23N3O. The predicted molar refractivity (Wildman–Crippen MR) is 74.2 cm³/mol. The van der Waals surface area contributed by atoms with Gasteiger partial charge in [-0.3, -0.25) is 0 Å². The number of hydrogen-bond acceptors (Lipinski definition) is 4. The molecule has 3 rings (SSSR count). The molecule has 1 fully saturated rings. The van der Waals surface area contributed by atoms with E-state index in [0.29, 0.717) is 12.0 Å². The van der Waals surface area contributed by atoms with Gasteiger partial charge in [-0.05, 0) is 18.8 Å². The third-order valence-corrected chi connectivity index (χ3v) is 3.99. The Morgan fingerprint density at radius 3 is 3.00 bits per heavy atom. The summed E-state index contributed by atoms with van der Waals surface area (Å²) in [6.45, 7) is 7.28. The van der Waals surface area contributed by atoms with E-state index >= 15 is 0 Å². The van der Waals surface area contributed by atoms with Gasteiger partial charge in [0, 0.05) is 38.1 Å². The Morgan fingerprint density at radius 1 is 1.37 bits per heavy atom. The second-order valence-corrected chi connectivity index (χ2v) is 5.87. The third kappa shape index (κ3) is 2.79. The molecule has 104 valence electrons. The van der Waals surface area contributed by atoms with Crippen molar-refractivity contribution in [1.29, 1.82) is 0 Å². The molecule has 1 unspecified atom stereocenters. The lowest BCUT2D eigenvalue weighted by molar-refractivity contribution is 0.109. The largest absolute Gasteiger partial charge is 0.378 e. The van der Waals surface area contributed by atoms with Crippen molar-refractivity contribution in [3.8, 4) is 0 Å². The molecule has 2 aliphatic rings. The molecule has 1 saturated heterocycles. The molecular weight excluding hydrogens is 238 g/mol. The summed E-state index contributed by atoms with van der Waals surface area (Å²) in [7, 11) is 0. The Labute approximate surface area is 115 Å². The molecule has 0 spiro atoms. The normalized spacial score (nSPS) is 22.8. The van der Waals surface area contributed by atoms with E-state index in [9.17, 15) is 0 Å². The van der Waals surface area contributed by atoms with Crippen molar-refractivity contribution in [2.45, 2.75) is 58.1 Å². The highest BCUT2D eigenvalue weighted by atomic mass is 16.5. The molecule has 1 aromatic rings. The first kappa shape index (κ1) is 13.0. The summed E-state index contributed by atoms with van der Waals surface area (Å²) in [5.74, 6) is 1.44. The van der Waals surface area contributed by atoms with Crippen LogP contribution in [0.2, 0.25) is 0 Å². The number of hydrogen-bond donors (Lipinski definition) is 1. The molecule has 1 atom stereocenters. The molecule has 1 aromatic heterocycles. The van der Waals surface area contributed by atoms with Gasteiger partial charge < -0.3 is 10.1 Å². The molecule has 0 aliphatic carbocycles. The lowest BCUT2D eigenvalue weighted by atomic mass is 9.98. The molecule has 0 bridgehead atoms. The average Bonchev–Trinajstić information content (AvgIpc) is 2.90. The third-order valence-electron chi connectivity index (χ3n) is 3.99. The van der Waals surface area contributed by atoms with Crippen molar-refractivity contribution < 1.29 is 4.74 Å². The maximum Gasteiger partial charge on any atom is 0.131 e. The molecule has 4 nitrogen and oxygen atoms in total. The van der Waals surface area contributed by atoms with E-state index in [1.54, 1.807) is 0 Å². The first-order chi connectivity index (χ1) is 9.24. The number of nitrogens with one attached hydrogen (secondary N) is 1. The van der Waals surface area contributed by atoms with E-state index in [0.717, 1.165) is 44.8 Å². The van der Waals surface area contributed by atoms with Crippen LogP contribution in [0.15, 0.2) is 0 Å². The maximum atomic E-state index is 5.71. The average molecular weight is 261 g/mol. The quantitative estimate of drug-likeness (QED) is 0.903. The molecule has 0 saturated carbocycles. The van der Waals surface area contributed by atoms with Crippen molar-refractivity contribution in [2.24, 2.45) is 0 Å². The maximum absolute atomic E-state index is 5.71. The zero-order chi connectivity index (χ0) is 13.2. The Morgan fingerprint density at radius 2 is 2.26 bits per heavy atom. The predicted octanol–water partition coefficient (Wildman–Crippen LogP) is 1.97. The zero-order valence-corrected chi connectivity index (χ0v) is 11.9. The van der Waals surface area contributed by atoms with Crippen LogP contribution in [0.5, 0.6) is 0 Å². The molecule has 0 amide bonds. The summed E-state index contributed by atoms with van der Waals surface area (Å²) in [6.07, 6.45) is 4.56. The van der Waals surface area contributed by atoms with Gasteiger partial charge in [-0.15, -0.1) is 0 Å². The molecule has 4 heteroatoms. The van der Waals surface area contributed by atoms with Crippen LogP contribution >= 0.6 is 0 Å². The van der Waals surface area contributed by atoms with Gasteiger partial charge in [-0.1, -0.05) is 13.8 Å². The summed E-state index contributed by atoms with van der Waals surface area (Å²) in [4.78, 5) is 9.61. The van der Waals surface area contributed by atoms with Crippen molar-refractivity contribution in [1.82, 2.24) is 15.3 Å². The number of rotatable bonds is 3. The van der Waals surface area contributed by atoms with Gasteiger partial charge in [0.15, 0.2) is 0 Å². The van der Waals surface area contributed by atoms with Crippen molar-refractivity contribution >= 4 is 0 Å². The fraction of sp³-hybridized carbons (Fsp3) is 0.733. The van der Waals surface area contributed by atoms with Crippen LogP contribution < -0.4 is 5.32 Å². The molecule has 3 heterocycles. The van der Waals surface area contributed by atoms with Gasteiger partial charge in [0.2, 0.25) is 0 Å². The van der Waals surface area contributed by atoms with Gasteiger partial charge in [0.05, 0.1) is 17.5 Å². The van der Waals surface area contributed by atoms with Gasteiger partial charge in [-0.25, -0.2) is 9.97 Å². The lowest BCUT2D eigenvalue weighted by Crippen LogP contribution is -2.28. The number of ether oxygens (including phenoxy) is 1. The van der Waals surface area contributed by atoms with Crippen LogP contribution in [-0.4, -0.2) is 29.2 Å². The molecule has 1 N–H and O–H groups in total. The number of fused-ring (bicyclic) bond motifs is 1. The first-order valence-corrected chi connectivity index (χ1v) is 7.45. The summed E-state index contributed by atoms with van der Waals surface area (Å²) in [6, 6.07) is 0. The van der Waals surface area contributed by atoms with E-state index in [-0.39, 0.29) is 0 Å². The van der Waals surface area contributed by atoms with Gasteiger partial charge in [0.25, 0.3) is 0 Å². The highest BCUT2D eigenvalue weighted by Crippen LogP contribution is 2.24. The Hall–Kier alpha value is -1.00. The highest BCUT2D eigenvalue weighted by Gasteiger charge is 2.22. The van der Waals surface area contributed by atoms with E-state index in [1.165, 1.54) is 23.4 Å². The molecule has 0 aromatic carbocycles. The van der Waals surface area contributed by atoms with Crippen LogP contribution in [0.4, 0.5) is 0 Å². The summed E-state index contributed by atoms with van der Waals surface area (Å²) in [5, 5.41) is 3.42. The van der Waals surface area contributed by atoms with Gasteiger partial charge >= 0.3 is 0 Å².